The van der Waals surface area contributed by atoms with Gasteiger partial charge in [-0.25, -0.2) is 4.98 Å². The molecule has 152 valence electrons. The minimum Gasteiger partial charge on any atom is -0.496 e. The van der Waals surface area contributed by atoms with Crippen LogP contribution in [0, 0.1) is 10.1 Å². The summed E-state index contributed by atoms with van der Waals surface area (Å²) in [6.45, 7) is 0. The lowest BCUT2D eigenvalue weighted by atomic mass is 9.97. The lowest BCUT2D eigenvalue weighted by Gasteiger charge is -2.09. The number of furan rings is 1. The number of nitro benzene ring substituents is 1. The Labute approximate surface area is 174 Å². The molecule has 0 spiro atoms. The molecule has 1 aliphatic carbocycles. The molecule has 3 aromatic heterocycles. The lowest BCUT2D eigenvalue weighted by Crippen LogP contribution is -2.11. The van der Waals surface area contributed by atoms with E-state index in [1.54, 1.807) is 29.5 Å². The predicted molar refractivity (Wildman–Crippen MR) is 113 cm³/mol. The molecule has 0 atom stereocenters. The van der Waals surface area contributed by atoms with Crippen LogP contribution in [0.15, 0.2) is 39.5 Å². The number of aromatic amines is 1. The summed E-state index contributed by atoms with van der Waals surface area (Å²) in [5, 5.41) is 11.7. The van der Waals surface area contributed by atoms with E-state index in [0.29, 0.717) is 34.0 Å². The number of aromatic nitrogens is 2. The van der Waals surface area contributed by atoms with Crippen LogP contribution in [0.2, 0.25) is 0 Å². The van der Waals surface area contributed by atoms with Crippen molar-refractivity contribution >= 4 is 27.2 Å². The SMILES string of the molecule is COc1cc([N+](=O)[O-])ccc1-c1ccc(-c2nc3sc4c(c3c(=O)[nH]2)CCCC4)o1. The van der Waals surface area contributed by atoms with Gasteiger partial charge in [0.1, 0.15) is 16.3 Å². The van der Waals surface area contributed by atoms with E-state index in [1.165, 1.54) is 24.1 Å². The Morgan fingerprint density at radius 3 is 2.80 bits per heavy atom. The van der Waals surface area contributed by atoms with Crippen LogP contribution < -0.4 is 10.3 Å². The van der Waals surface area contributed by atoms with E-state index >= 15 is 0 Å². The Bertz CT molecular complexity index is 1350. The number of nitrogens with one attached hydrogen (secondary N) is 1. The molecule has 0 radical (unpaired) electrons. The zero-order valence-electron chi connectivity index (χ0n) is 16.1. The number of hydrogen-bond acceptors (Lipinski definition) is 7. The maximum Gasteiger partial charge on any atom is 0.273 e. The maximum absolute atomic E-state index is 12.8. The summed E-state index contributed by atoms with van der Waals surface area (Å²) in [4.78, 5) is 32.8. The van der Waals surface area contributed by atoms with Crippen molar-refractivity contribution in [2.24, 2.45) is 0 Å². The molecule has 0 aliphatic heterocycles. The van der Waals surface area contributed by atoms with Gasteiger partial charge in [-0.15, -0.1) is 11.3 Å². The van der Waals surface area contributed by atoms with E-state index in [1.807, 2.05) is 0 Å². The van der Waals surface area contributed by atoms with Crippen molar-refractivity contribution in [2.45, 2.75) is 25.7 Å². The van der Waals surface area contributed by atoms with Crippen molar-refractivity contribution in [3.8, 4) is 28.7 Å². The summed E-state index contributed by atoms with van der Waals surface area (Å²) < 4.78 is 11.2. The lowest BCUT2D eigenvalue weighted by molar-refractivity contribution is -0.384. The topological polar surface area (TPSA) is 111 Å². The minimum atomic E-state index is -0.482. The first-order valence-corrected chi connectivity index (χ1v) is 10.3. The largest absolute Gasteiger partial charge is 0.496 e. The van der Waals surface area contributed by atoms with Crippen molar-refractivity contribution in [1.82, 2.24) is 9.97 Å². The number of rotatable bonds is 4. The smallest absolute Gasteiger partial charge is 0.273 e. The average Bonchev–Trinajstić information content (AvgIpc) is 3.38. The fraction of sp³-hybridized carbons (Fsp3) is 0.238. The van der Waals surface area contributed by atoms with Crippen LogP contribution in [0.3, 0.4) is 0 Å². The highest BCUT2D eigenvalue weighted by Crippen LogP contribution is 2.37. The van der Waals surface area contributed by atoms with E-state index in [-0.39, 0.29) is 11.2 Å². The summed E-state index contributed by atoms with van der Waals surface area (Å²) in [5.74, 6) is 1.56. The molecule has 9 heteroatoms. The number of nitrogens with zero attached hydrogens (tertiary/aromatic N) is 2. The first-order chi connectivity index (χ1) is 14.5. The van der Waals surface area contributed by atoms with Gasteiger partial charge in [0, 0.05) is 10.9 Å². The predicted octanol–water partition coefficient (Wildman–Crippen LogP) is 4.71. The second-order valence-corrected chi connectivity index (χ2v) is 8.19. The zero-order chi connectivity index (χ0) is 20.8. The normalized spacial score (nSPS) is 13.4. The molecule has 0 amide bonds. The van der Waals surface area contributed by atoms with Gasteiger partial charge in [-0.05, 0) is 49.4 Å². The van der Waals surface area contributed by atoms with Gasteiger partial charge in [-0.3, -0.25) is 14.9 Å². The molecule has 0 unspecified atom stereocenters. The minimum absolute atomic E-state index is 0.0690. The molecule has 0 saturated heterocycles. The first-order valence-electron chi connectivity index (χ1n) is 9.52. The molecule has 0 fully saturated rings. The molecule has 0 saturated carbocycles. The Hall–Kier alpha value is -3.46. The number of aryl methyl sites for hydroxylation is 2. The summed E-state index contributed by atoms with van der Waals surface area (Å²) in [6, 6.07) is 7.75. The Kier molecular flexibility index (Phi) is 4.39. The van der Waals surface area contributed by atoms with Crippen molar-refractivity contribution in [3.05, 3.63) is 61.2 Å². The number of thiophene rings is 1. The Morgan fingerprint density at radius 2 is 2.00 bits per heavy atom. The zero-order valence-corrected chi connectivity index (χ0v) is 16.9. The van der Waals surface area contributed by atoms with E-state index in [2.05, 4.69) is 9.97 Å². The molecular formula is C21H17N3O5S. The maximum atomic E-state index is 12.8. The summed E-state index contributed by atoms with van der Waals surface area (Å²) >= 11 is 1.58. The van der Waals surface area contributed by atoms with Crippen LogP contribution in [0.1, 0.15) is 23.3 Å². The summed E-state index contributed by atoms with van der Waals surface area (Å²) in [7, 11) is 1.44. The van der Waals surface area contributed by atoms with Crippen LogP contribution in [0.4, 0.5) is 5.69 Å². The number of nitro groups is 1. The molecule has 8 nitrogen and oxygen atoms in total. The van der Waals surface area contributed by atoms with Crippen LogP contribution in [-0.2, 0) is 12.8 Å². The molecular weight excluding hydrogens is 406 g/mol. The third-order valence-corrected chi connectivity index (χ3v) is 6.51. The van der Waals surface area contributed by atoms with Gasteiger partial charge in [0.15, 0.2) is 11.6 Å². The van der Waals surface area contributed by atoms with Crippen LogP contribution in [0.5, 0.6) is 5.75 Å². The molecule has 1 aromatic carbocycles. The number of H-pyrrole nitrogens is 1. The van der Waals surface area contributed by atoms with Gasteiger partial charge in [0.05, 0.1) is 29.0 Å². The van der Waals surface area contributed by atoms with E-state index in [4.69, 9.17) is 9.15 Å². The quantitative estimate of drug-likeness (QED) is 0.376. The Balaban J connectivity index is 1.57. The van der Waals surface area contributed by atoms with E-state index in [0.717, 1.165) is 36.1 Å². The van der Waals surface area contributed by atoms with Crippen LogP contribution in [-0.4, -0.2) is 22.0 Å². The van der Waals surface area contributed by atoms with Crippen molar-refractivity contribution in [2.75, 3.05) is 7.11 Å². The van der Waals surface area contributed by atoms with Gasteiger partial charge in [-0.1, -0.05) is 0 Å². The van der Waals surface area contributed by atoms with Gasteiger partial charge < -0.3 is 14.1 Å². The fourth-order valence-corrected chi connectivity index (χ4v) is 5.15. The molecule has 1 N–H and O–H groups in total. The number of hydrogen-bond donors (Lipinski definition) is 1. The standard InChI is InChI=1S/C21H17N3O5S/c1-28-16-10-11(24(26)27)6-7-12(16)14-8-9-15(29-14)19-22-20(25)18-13-4-2-3-5-17(13)30-21(18)23-19/h6-10H,2-5H2,1H3,(H,22,23,25). The highest BCUT2D eigenvalue weighted by atomic mass is 32.1. The van der Waals surface area contributed by atoms with Crippen LogP contribution in [0.25, 0.3) is 33.1 Å². The summed E-state index contributed by atoms with van der Waals surface area (Å²) in [6.07, 6.45) is 4.15. The number of benzene rings is 1. The highest BCUT2D eigenvalue weighted by molar-refractivity contribution is 7.18. The van der Waals surface area contributed by atoms with Crippen molar-refractivity contribution in [3.63, 3.8) is 0 Å². The fourth-order valence-electron chi connectivity index (χ4n) is 3.89. The van der Waals surface area contributed by atoms with Gasteiger partial charge in [-0.2, -0.15) is 0 Å². The summed E-state index contributed by atoms with van der Waals surface area (Å²) in [5.41, 5.74) is 1.49. The van der Waals surface area contributed by atoms with Crippen molar-refractivity contribution < 1.29 is 14.1 Å². The third-order valence-electron chi connectivity index (χ3n) is 5.33. The number of methoxy groups -OCH3 is 1. The van der Waals surface area contributed by atoms with E-state index in [9.17, 15) is 14.9 Å². The van der Waals surface area contributed by atoms with Crippen LogP contribution >= 0.6 is 11.3 Å². The van der Waals surface area contributed by atoms with Crippen molar-refractivity contribution in [1.29, 1.82) is 0 Å². The number of non-ortho nitro benzene ring substituents is 1. The second-order valence-electron chi connectivity index (χ2n) is 7.11. The number of fused-ring (bicyclic) bond motifs is 3. The van der Waals surface area contributed by atoms with Gasteiger partial charge in [0.25, 0.3) is 11.2 Å². The number of ether oxygens (including phenoxy) is 1. The average molecular weight is 423 g/mol. The molecule has 3 heterocycles. The molecule has 0 bridgehead atoms. The van der Waals surface area contributed by atoms with Gasteiger partial charge >= 0.3 is 0 Å². The van der Waals surface area contributed by atoms with Gasteiger partial charge in [0.2, 0.25) is 0 Å². The second kappa shape index (κ2) is 7.10. The first kappa shape index (κ1) is 18.6. The highest BCUT2D eigenvalue weighted by Gasteiger charge is 2.21. The molecule has 4 aromatic rings. The molecule has 5 rings (SSSR count). The monoisotopic (exact) mass is 423 g/mol. The third kappa shape index (κ3) is 2.98. The molecule has 1 aliphatic rings. The molecule has 30 heavy (non-hydrogen) atoms. The van der Waals surface area contributed by atoms with E-state index < -0.39 is 4.92 Å². The Morgan fingerprint density at radius 1 is 1.20 bits per heavy atom.